The largest absolute Gasteiger partial charge is 0.493 e. The quantitative estimate of drug-likeness (QED) is 0.903. The number of rotatable bonds is 5. The first-order chi connectivity index (χ1) is 10.6. The molecule has 1 atom stereocenters. The Labute approximate surface area is 130 Å². The fourth-order valence-corrected chi connectivity index (χ4v) is 2.89. The maximum atomic E-state index is 14.2. The molecule has 5 nitrogen and oxygen atoms in total. The number of nitrogens with zero attached hydrogens (tertiary/aromatic N) is 1. The van der Waals surface area contributed by atoms with E-state index in [4.69, 9.17) is 9.47 Å². The molecule has 1 fully saturated rings. The fourth-order valence-electron chi connectivity index (χ4n) is 2.89. The van der Waals surface area contributed by atoms with Gasteiger partial charge in [0.25, 0.3) is 5.91 Å². The third kappa shape index (κ3) is 3.50. The molecule has 1 saturated heterocycles. The van der Waals surface area contributed by atoms with Crippen LogP contribution < -0.4 is 14.8 Å². The van der Waals surface area contributed by atoms with E-state index in [1.165, 1.54) is 26.4 Å². The smallest absolute Gasteiger partial charge is 0.256 e. The number of methoxy groups -OCH3 is 2. The van der Waals surface area contributed by atoms with Crippen LogP contribution in [-0.4, -0.2) is 51.7 Å². The molecule has 1 heterocycles. The Morgan fingerprint density at radius 2 is 2.05 bits per heavy atom. The van der Waals surface area contributed by atoms with Crippen molar-refractivity contribution in [1.29, 1.82) is 0 Å². The van der Waals surface area contributed by atoms with Gasteiger partial charge in [0.05, 0.1) is 19.8 Å². The number of amides is 1. The number of carbonyl (C=O) groups is 1. The van der Waals surface area contributed by atoms with Gasteiger partial charge in [0.1, 0.15) is 5.82 Å². The van der Waals surface area contributed by atoms with E-state index in [-0.39, 0.29) is 17.2 Å². The van der Waals surface area contributed by atoms with Crippen molar-refractivity contribution >= 4 is 5.91 Å². The minimum Gasteiger partial charge on any atom is -0.493 e. The summed E-state index contributed by atoms with van der Waals surface area (Å²) in [6.45, 7) is 2.17. The zero-order chi connectivity index (χ0) is 16.1. The normalized spacial score (nSPS) is 18.2. The van der Waals surface area contributed by atoms with Gasteiger partial charge in [0, 0.05) is 19.2 Å². The number of piperidine rings is 1. The van der Waals surface area contributed by atoms with Gasteiger partial charge in [-0.3, -0.25) is 4.79 Å². The summed E-state index contributed by atoms with van der Waals surface area (Å²) >= 11 is 0. The summed E-state index contributed by atoms with van der Waals surface area (Å²) in [6, 6.07) is 2.61. The standard InChI is InChI=1S/C16H23FN2O3/c1-18-9-11-5-4-6-19(10-11)16(20)12-7-14(21-2)15(22-3)8-13(12)17/h7-8,11,18H,4-6,9-10H2,1-3H3. The van der Waals surface area contributed by atoms with Gasteiger partial charge in [-0.1, -0.05) is 0 Å². The number of carbonyl (C=O) groups excluding carboxylic acids is 1. The number of benzene rings is 1. The summed E-state index contributed by atoms with van der Waals surface area (Å²) in [6.07, 6.45) is 2.02. The minimum absolute atomic E-state index is 0.0303. The van der Waals surface area contributed by atoms with E-state index in [1.807, 2.05) is 7.05 Å². The van der Waals surface area contributed by atoms with E-state index >= 15 is 0 Å². The van der Waals surface area contributed by atoms with Crippen LogP contribution in [0.1, 0.15) is 23.2 Å². The molecule has 1 N–H and O–H groups in total. The van der Waals surface area contributed by atoms with E-state index in [0.29, 0.717) is 24.8 Å². The average Bonchev–Trinajstić information content (AvgIpc) is 2.54. The van der Waals surface area contributed by atoms with Crippen molar-refractivity contribution in [3.05, 3.63) is 23.5 Å². The fraction of sp³-hybridized carbons (Fsp3) is 0.562. The lowest BCUT2D eigenvalue weighted by Gasteiger charge is -2.33. The van der Waals surface area contributed by atoms with Crippen LogP contribution in [0.2, 0.25) is 0 Å². The third-order valence-corrected chi connectivity index (χ3v) is 4.00. The molecule has 6 heteroatoms. The second kappa shape index (κ2) is 7.45. The molecule has 1 aromatic rings. The van der Waals surface area contributed by atoms with Gasteiger partial charge in [-0.2, -0.15) is 0 Å². The maximum absolute atomic E-state index is 14.2. The molecule has 2 rings (SSSR count). The lowest BCUT2D eigenvalue weighted by atomic mass is 9.97. The molecule has 1 aliphatic rings. The predicted molar refractivity (Wildman–Crippen MR) is 82.1 cm³/mol. The van der Waals surface area contributed by atoms with Crippen molar-refractivity contribution in [1.82, 2.24) is 10.2 Å². The molecule has 1 aromatic carbocycles. The van der Waals surface area contributed by atoms with E-state index in [0.717, 1.165) is 19.4 Å². The summed E-state index contributed by atoms with van der Waals surface area (Å²) in [4.78, 5) is 14.3. The molecule has 122 valence electrons. The van der Waals surface area contributed by atoms with E-state index in [1.54, 1.807) is 4.90 Å². The summed E-state index contributed by atoms with van der Waals surface area (Å²) < 4.78 is 24.4. The van der Waals surface area contributed by atoms with E-state index < -0.39 is 5.82 Å². The molecule has 0 spiro atoms. The van der Waals surface area contributed by atoms with Crippen LogP contribution in [0.3, 0.4) is 0 Å². The van der Waals surface area contributed by atoms with E-state index in [9.17, 15) is 9.18 Å². The monoisotopic (exact) mass is 310 g/mol. The summed E-state index contributed by atoms with van der Waals surface area (Å²) in [5.41, 5.74) is 0.0303. The Morgan fingerprint density at radius 1 is 1.36 bits per heavy atom. The van der Waals surface area contributed by atoms with Crippen LogP contribution >= 0.6 is 0 Å². The Morgan fingerprint density at radius 3 is 2.68 bits per heavy atom. The van der Waals surface area contributed by atoms with Crippen molar-refractivity contribution in [2.45, 2.75) is 12.8 Å². The highest BCUT2D eigenvalue weighted by atomic mass is 19.1. The van der Waals surface area contributed by atoms with Crippen molar-refractivity contribution < 1.29 is 18.7 Å². The van der Waals surface area contributed by atoms with Crippen molar-refractivity contribution in [2.75, 3.05) is 40.9 Å². The molecule has 0 saturated carbocycles. The van der Waals surface area contributed by atoms with E-state index in [2.05, 4.69) is 5.32 Å². The number of halogens is 1. The molecule has 1 unspecified atom stereocenters. The molecule has 0 radical (unpaired) electrons. The number of likely N-dealkylation sites (tertiary alicyclic amines) is 1. The highest BCUT2D eigenvalue weighted by Gasteiger charge is 2.27. The van der Waals surface area contributed by atoms with Gasteiger partial charge in [-0.15, -0.1) is 0 Å². The Hall–Kier alpha value is -1.82. The predicted octanol–water partition coefficient (Wildman–Crippen LogP) is 1.91. The van der Waals surface area contributed by atoms with Crippen LogP contribution in [0.15, 0.2) is 12.1 Å². The Kier molecular flexibility index (Phi) is 5.60. The highest BCUT2D eigenvalue weighted by Crippen LogP contribution is 2.31. The molecule has 1 aliphatic heterocycles. The summed E-state index contributed by atoms with van der Waals surface area (Å²) in [5, 5.41) is 3.13. The van der Waals surface area contributed by atoms with Crippen LogP contribution in [0.4, 0.5) is 4.39 Å². The van der Waals surface area contributed by atoms with Gasteiger partial charge < -0.3 is 19.7 Å². The first-order valence-corrected chi connectivity index (χ1v) is 7.46. The van der Waals surface area contributed by atoms with Gasteiger partial charge in [0.2, 0.25) is 0 Å². The molecular formula is C16H23FN2O3. The van der Waals surface area contributed by atoms with Gasteiger partial charge in [-0.25, -0.2) is 4.39 Å². The molecule has 0 bridgehead atoms. The molecule has 0 aromatic heterocycles. The first-order valence-electron chi connectivity index (χ1n) is 7.46. The molecule has 0 aliphatic carbocycles. The number of hydrogen-bond acceptors (Lipinski definition) is 4. The molecule has 22 heavy (non-hydrogen) atoms. The summed E-state index contributed by atoms with van der Waals surface area (Å²) in [7, 11) is 4.80. The van der Waals surface area contributed by atoms with Gasteiger partial charge >= 0.3 is 0 Å². The highest BCUT2D eigenvalue weighted by molar-refractivity contribution is 5.95. The van der Waals surface area contributed by atoms with Gasteiger partial charge in [0.15, 0.2) is 11.5 Å². The second-order valence-electron chi connectivity index (χ2n) is 5.50. The summed E-state index contributed by atoms with van der Waals surface area (Å²) in [5.74, 6) is 0.169. The maximum Gasteiger partial charge on any atom is 0.256 e. The van der Waals surface area contributed by atoms with Crippen LogP contribution in [0.25, 0.3) is 0 Å². The van der Waals surface area contributed by atoms with Crippen LogP contribution in [-0.2, 0) is 0 Å². The lowest BCUT2D eigenvalue weighted by Crippen LogP contribution is -2.42. The van der Waals surface area contributed by atoms with Crippen LogP contribution in [0.5, 0.6) is 11.5 Å². The van der Waals surface area contributed by atoms with Crippen molar-refractivity contribution in [3.63, 3.8) is 0 Å². The minimum atomic E-state index is -0.585. The number of hydrogen-bond donors (Lipinski definition) is 1. The number of nitrogens with one attached hydrogen (secondary N) is 1. The number of ether oxygens (including phenoxy) is 2. The van der Waals surface area contributed by atoms with Gasteiger partial charge in [-0.05, 0) is 38.4 Å². The molecule has 1 amide bonds. The topological polar surface area (TPSA) is 50.8 Å². The van der Waals surface area contributed by atoms with Crippen molar-refractivity contribution in [2.24, 2.45) is 5.92 Å². The van der Waals surface area contributed by atoms with Crippen LogP contribution in [0, 0.1) is 11.7 Å². The Balaban J connectivity index is 2.21. The first kappa shape index (κ1) is 16.5. The SMILES string of the molecule is CNCC1CCCN(C(=O)c2cc(OC)c(OC)cc2F)C1. The van der Waals surface area contributed by atoms with Crippen molar-refractivity contribution in [3.8, 4) is 11.5 Å². The second-order valence-corrected chi connectivity index (χ2v) is 5.50. The average molecular weight is 310 g/mol. The third-order valence-electron chi connectivity index (χ3n) is 4.00. The lowest BCUT2D eigenvalue weighted by molar-refractivity contribution is 0.0669. The Bertz CT molecular complexity index is 534. The zero-order valence-electron chi connectivity index (χ0n) is 13.3. The molecular weight excluding hydrogens is 287 g/mol. The zero-order valence-corrected chi connectivity index (χ0v) is 13.3.